The van der Waals surface area contributed by atoms with Crippen molar-refractivity contribution < 1.29 is 62.7 Å². The number of aldehydes is 1. The van der Waals surface area contributed by atoms with Crippen LogP contribution in [0.15, 0.2) is 30.3 Å². The van der Waals surface area contributed by atoms with E-state index in [1.807, 2.05) is 105 Å². The second-order valence-electron chi connectivity index (χ2n) is 27.0. The summed E-state index contributed by atoms with van der Waals surface area (Å²) in [5.74, 6) is -2.50. The highest BCUT2D eigenvalue weighted by Gasteiger charge is 2.45. The Labute approximate surface area is 518 Å². The Bertz CT molecular complexity index is 2120. The van der Waals surface area contributed by atoms with Crippen LogP contribution >= 0.6 is 0 Å². The monoisotopic (exact) mass is 1220 g/mol. The van der Waals surface area contributed by atoms with Gasteiger partial charge in [-0.05, 0) is 115 Å². The molecule has 20 nitrogen and oxygen atoms in total. The Balaban J connectivity index is 2.02. The van der Waals surface area contributed by atoms with Gasteiger partial charge < -0.3 is 69.8 Å². The van der Waals surface area contributed by atoms with Crippen molar-refractivity contribution in [2.24, 2.45) is 29.1 Å². The number of unbranched alkanes of at least 4 members (excludes halogenated alkanes) is 4. The minimum Gasteiger partial charge on any atom is -0.464 e. The Morgan fingerprint density at radius 1 is 0.826 bits per heavy atom. The van der Waals surface area contributed by atoms with Gasteiger partial charge in [0.25, 0.3) is 0 Å². The largest absolute Gasteiger partial charge is 0.464 e. The molecule has 0 aromatic heterocycles. The lowest BCUT2D eigenvalue weighted by molar-refractivity contribution is -0.242. The topological polar surface area (TPSA) is 247 Å². The molecule has 0 aliphatic carbocycles. The summed E-state index contributed by atoms with van der Waals surface area (Å²) in [6.45, 7) is 26.9. The highest BCUT2D eigenvalue weighted by molar-refractivity contribution is 5.90. The fourth-order valence-corrected chi connectivity index (χ4v) is 12.0. The summed E-state index contributed by atoms with van der Waals surface area (Å²) < 4.78 is 29.8. The first kappa shape index (κ1) is 78.0. The van der Waals surface area contributed by atoms with Gasteiger partial charge in [-0.1, -0.05) is 132 Å². The van der Waals surface area contributed by atoms with Crippen LogP contribution in [-0.2, 0) is 58.9 Å². The van der Waals surface area contributed by atoms with Crippen molar-refractivity contribution in [3.63, 3.8) is 0 Å². The van der Waals surface area contributed by atoms with Gasteiger partial charge in [-0.3, -0.25) is 28.9 Å². The van der Waals surface area contributed by atoms with E-state index < -0.39 is 77.8 Å². The number of benzene rings is 1. The first-order valence-electron chi connectivity index (χ1n) is 32.0. The summed E-state index contributed by atoms with van der Waals surface area (Å²) in [7, 11) is 8.50. The molecule has 1 heterocycles. The maximum atomic E-state index is 14.6. The van der Waals surface area contributed by atoms with Crippen molar-refractivity contribution in [3.8, 4) is 0 Å². The summed E-state index contributed by atoms with van der Waals surface area (Å²) in [4.78, 5) is 88.6. The van der Waals surface area contributed by atoms with Gasteiger partial charge in [0.15, 0.2) is 6.29 Å². The van der Waals surface area contributed by atoms with Crippen molar-refractivity contribution >= 4 is 35.9 Å². The van der Waals surface area contributed by atoms with Crippen molar-refractivity contribution in [3.05, 3.63) is 35.9 Å². The van der Waals surface area contributed by atoms with Gasteiger partial charge in [-0.2, -0.15) is 0 Å². The molecule has 6 N–H and O–H groups in total. The fourth-order valence-electron chi connectivity index (χ4n) is 12.0. The van der Waals surface area contributed by atoms with Crippen LogP contribution in [0.3, 0.4) is 0 Å². The SMILES string of the molecule is CCC(C)C(C(CC(=O)N1CCCC1C(OC)C(C)C(=O)NC(C=O)(CNCCCOC(=O)C(C)NCCCCCCCC(C)(C)OC(CO)OC(CO)CC(C)(C)C)Cc1ccccc1)OC)N(C)C(=O)C(NC(=O)C(C(C)C)N(C)C)C(C)C. The average Bonchev–Trinajstić information content (AvgIpc) is 3.49. The minimum absolute atomic E-state index is 0.0141. The van der Waals surface area contributed by atoms with E-state index in [0.29, 0.717) is 51.7 Å². The zero-order chi connectivity index (χ0) is 65.0. The molecule has 1 aliphatic rings. The molecule has 86 heavy (non-hydrogen) atoms. The van der Waals surface area contributed by atoms with Crippen LogP contribution < -0.4 is 21.3 Å². The normalized spacial score (nSPS) is 18.3. The summed E-state index contributed by atoms with van der Waals surface area (Å²) in [5, 5.41) is 32.5. The molecule has 12 atom stereocenters. The standard InChI is InChI=1S/C66H119N7O13/c1-19-47(6)58(72(16)62(80)56(45(2)3)69-61(79)57(46(4)5)71(14)15)53(82-17)38-54(77)73-36-28-32-52(73)59(83-18)48(7)60(78)70-66(44-76,39-50-30-24-23-25-31-50)43-67-34-29-37-84-63(81)49(8)68-35-27-22-20-21-26-33-65(12,13)86-55(42-75)85-51(41-74)40-64(9,10)11/h23-25,30-31,44-49,51-53,55-59,67-68,74-75H,19-22,26-29,32-43H2,1-18H3,(H,69,79)(H,70,78). The zero-order valence-electron chi connectivity index (χ0n) is 56.3. The van der Waals surface area contributed by atoms with Crippen LogP contribution in [0.5, 0.6) is 0 Å². The summed E-state index contributed by atoms with van der Waals surface area (Å²) in [6, 6.07) is 6.76. The van der Waals surface area contributed by atoms with Gasteiger partial charge in [0, 0.05) is 40.8 Å². The number of hydrogen-bond acceptors (Lipinski definition) is 16. The van der Waals surface area contributed by atoms with E-state index in [4.69, 9.17) is 23.7 Å². The van der Waals surface area contributed by atoms with Crippen molar-refractivity contribution in [2.45, 2.75) is 239 Å². The minimum atomic E-state index is -1.35. The number of ether oxygens (including phenoxy) is 5. The number of aliphatic hydroxyl groups is 2. The average molecular weight is 1220 g/mol. The number of rotatable bonds is 44. The van der Waals surface area contributed by atoms with Crippen LogP contribution in [0.2, 0.25) is 0 Å². The quantitative estimate of drug-likeness (QED) is 0.0172. The van der Waals surface area contributed by atoms with E-state index in [2.05, 4.69) is 42.0 Å². The molecule has 0 spiro atoms. The molecular formula is C66H119N7O13. The first-order valence-corrected chi connectivity index (χ1v) is 32.0. The number of methoxy groups -OCH3 is 2. The van der Waals surface area contributed by atoms with Crippen LogP contribution in [0.4, 0.5) is 0 Å². The zero-order valence-corrected chi connectivity index (χ0v) is 56.3. The van der Waals surface area contributed by atoms with E-state index in [9.17, 15) is 39.0 Å². The van der Waals surface area contributed by atoms with Crippen LogP contribution in [0, 0.1) is 29.1 Å². The number of amides is 4. The smallest absolute Gasteiger partial charge is 0.322 e. The molecule has 2 rings (SSSR count). The summed E-state index contributed by atoms with van der Waals surface area (Å²) in [5.41, 5.74) is -1.05. The molecule has 1 fully saturated rings. The number of carbonyl (C=O) groups excluding carboxylic acids is 6. The number of hydrogen-bond donors (Lipinski definition) is 6. The third-order valence-electron chi connectivity index (χ3n) is 16.8. The Morgan fingerprint density at radius 2 is 1.48 bits per heavy atom. The number of nitrogens with one attached hydrogen (secondary N) is 4. The maximum Gasteiger partial charge on any atom is 0.322 e. The predicted octanol–water partition coefficient (Wildman–Crippen LogP) is 6.70. The summed E-state index contributed by atoms with van der Waals surface area (Å²) >= 11 is 0. The second-order valence-corrected chi connectivity index (χ2v) is 27.0. The van der Waals surface area contributed by atoms with Crippen LogP contribution in [-0.4, -0.2) is 208 Å². The molecule has 496 valence electrons. The number of carbonyl (C=O) groups is 6. The lowest BCUT2D eigenvalue weighted by Gasteiger charge is -2.41. The molecule has 1 aromatic carbocycles. The van der Waals surface area contributed by atoms with Gasteiger partial charge in [0.2, 0.25) is 23.6 Å². The lowest BCUT2D eigenvalue weighted by Crippen LogP contribution is -2.61. The third-order valence-corrected chi connectivity index (χ3v) is 16.8. The van der Waals surface area contributed by atoms with Crippen LogP contribution in [0.1, 0.15) is 173 Å². The van der Waals surface area contributed by atoms with Gasteiger partial charge in [0.1, 0.15) is 23.9 Å². The van der Waals surface area contributed by atoms with Crippen molar-refractivity contribution in [2.75, 3.05) is 81.4 Å². The van der Waals surface area contributed by atoms with Gasteiger partial charge >= 0.3 is 5.97 Å². The van der Waals surface area contributed by atoms with Crippen molar-refractivity contribution in [1.82, 2.24) is 36.0 Å². The van der Waals surface area contributed by atoms with Gasteiger partial charge in [-0.15, -0.1) is 0 Å². The van der Waals surface area contributed by atoms with E-state index in [1.165, 1.54) is 7.11 Å². The number of likely N-dealkylation sites (tertiary alicyclic amines) is 1. The molecular weight excluding hydrogens is 1100 g/mol. The molecule has 0 saturated carbocycles. The van der Waals surface area contributed by atoms with Gasteiger partial charge in [0.05, 0.1) is 74.2 Å². The number of aliphatic hydroxyl groups excluding tert-OH is 2. The highest BCUT2D eigenvalue weighted by Crippen LogP contribution is 2.31. The van der Waals surface area contributed by atoms with Crippen molar-refractivity contribution in [1.29, 1.82) is 0 Å². The lowest BCUT2D eigenvalue weighted by atomic mass is 9.88. The number of likely N-dealkylation sites (N-methyl/N-ethyl adjacent to an activating group) is 2. The molecule has 1 aromatic rings. The molecule has 4 amide bonds. The highest BCUT2D eigenvalue weighted by atomic mass is 16.7. The fraction of sp³-hybridized carbons (Fsp3) is 0.818. The van der Waals surface area contributed by atoms with E-state index in [1.54, 1.807) is 37.8 Å². The van der Waals surface area contributed by atoms with E-state index in [-0.39, 0.29) is 86.1 Å². The molecule has 0 bridgehead atoms. The Hall–Kier alpha value is -4.12. The Morgan fingerprint density at radius 3 is 2.03 bits per heavy atom. The molecule has 20 heteroatoms. The summed E-state index contributed by atoms with van der Waals surface area (Å²) in [6.07, 6.45) is 7.08. The third kappa shape index (κ3) is 26.5. The Kier molecular flexibility index (Phi) is 35.5. The first-order chi connectivity index (χ1) is 40.5. The van der Waals surface area contributed by atoms with Gasteiger partial charge in [-0.25, -0.2) is 0 Å². The predicted molar refractivity (Wildman–Crippen MR) is 338 cm³/mol. The van der Waals surface area contributed by atoms with E-state index in [0.717, 1.165) is 50.4 Å². The van der Waals surface area contributed by atoms with E-state index >= 15 is 0 Å². The molecule has 1 saturated heterocycles. The second kappa shape index (κ2) is 39.1. The number of nitrogens with zero attached hydrogens (tertiary/aromatic N) is 3. The number of esters is 1. The molecule has 0 radical (unpaired) electrons. The molecule has 1 aliphatic heterocycles. The van der Waals surface area contributed by atoms with Crippen LogP contribution in [0.25, 0.3) is 0 Å². The molecule has 12 unspecified atom stereocenters. The maximum absolute atomic E-state index is 14.6.